The second-order valence-corrected chi connectivity index (χ2v) is 4.19. The molecule has 0 unspecified atom stereocenters. The lowest BCUT2D eigenvalue weighted by molar-refractivity contribution is 0.0698. The smallest absolute Gasteiger partial charge is 0.337 e. The largest absolute Gasteiger partial charge is 0.478 e. The molecule has 0 aliphatic carbocycles. The third-order valence-electron chi connectivity index (χ3n) is 2.66. The van der Waals surface area contributed by atoms with Crippen LogP contribution in [-0.4, -0.2) is 11.1 Å². The van der Waals surface area contributed by atoms with Gasteiger partial charge < -0.3 is 9.52 Å². The molecule has 4 heteroatoms. The topological polar surface area (TPSA) is 67.5 Å². The van der Waals surface area contributed by atoms with Crippen molar-refractivity contribution in [3.05, 3.63) is 45.8 Å². The van der Waals surface area contributed by atoms with Gasteiger partial charge in [-0.25, -0.2) is 9.59 Å². The van der Waals surface area contributed by atoms with Crippen LogP contribution in [0, 0.1) is 0 Å². The first-order chi connectivity index (χ1) is 7.99. The zero-order chi connectivity index (χ0) is 12.6. The van der Waals surface area contributed by atoms with Crippen molar-refractivity contribution in [3.63, 3.8) is 0 Å². The van der Waals surface area contributed by atoms with Crippen molar-refractivity contribution in [2.45, 2.75) is 19.8 Å². The predicted molar refractivity (Wildman–Crippen MR) is 63.5 cm³/mol. The Morgan fingerprint density at radius 2 is 2.00 bits per heavy atom. The normalized spacial score (nSPS) is 11.0. The molecule has 0 saturated heterocycles. The summed E-state index contributed by atoms with van der Waals surface area (Å²) in [4.78, 5) is 22.3. The molecule has 1 aromatic heterocycles. The van der Waals surface area contributed by atoms with Gasteiger partial charge in [-0.1, -0.05) is 19.9 Å². The average molecular weight is 232 g/mol. The third kappa shape index (κ3) is 2.06. The lowest BCUT2D eigenvalue weighted by Gasteiger charge is -2.07. The van der Waals surface area contributed by atoms with E-state index in [1.807, 2.05) is 19.9 Å². The second kappa shape index (κ2) is 4.05. The zero-order valence-corrected chi connectivity index (χ0v) is 9.56. The molecule has 88 valence electrons. The third-order valence-corrected chi connectivity index (χ3v) is 2.66. The highest BCUT2D eigenvalue weighted by Crippen LogP contribution is 2.23. The van der Waals surface area contributed by atoms with Gasteiger partial charge in [0, 0.05) is 11.5 Å². The Labute approximate surface area is 97.5 Å². The summed E-state index contributed by atoms with van der Waals surface area (Å²) in [6.45, 7) is 4.03. The Hall–Kier alpha value is -2.10. The predicted octanol–water partition coefficient (Wildman–Crippen LogP) is 2.61. The zero-order valence-electron chi connectivity index (χ0n) is 9.56. The van der Waals surface area contributed by atoms with E-state index >= 15 is 0 Å². The molecule has 17 heavy (non-hydrogen) atoms. The summed E-state index contributed by atoms with van der Waals surface area (Å²) in [6.07, 6.45) is 0. The Balaban J connectivity index is 2.82. The highest BCUT2D eigenvalue weighted by atomic mass is 16.4. The molecule has 1 N–H and O–H groups in total. The number of hydrogen-bond acceptors (Lipinski definition) is 3. The summed E-state index contributed by atoms with van der Waals surface area (Å²) in [6, 6.07) is 6.24. The number of benzene rings is 1. The summed E-state index contributed by atoms with van der Waals surface area (Å²) in [5.74, 6) is -0.836. The summed E-state index contributed by atoms with van der Waals surface area (Å²) < 4.78 is 4.97. The maximum Gasteiger partial charge on any atom is 0.337 e. The van der Waals surface area contributed by atoms with E-state index in [4.69, 9.17) is 9.52 Å². The van der Waals surface area contributed by atoms with Crippen molar-refractivity contribution in [2.75, 3.05) is 0 Å². The SMILES string of the molecule is CC(C)c1ccc2oc(=O)cc(C(=O)O)c2c1. The van der Waals surface area contributed by atoms with Crippen molar-refractivity contribution < 1.29 is 14.3 Å². The number of carboxylic acids is 1. The molecule has 0 aliphatic rings. The second-order valence-electron chi connectivity index (χ2n) is 4.19. The fourth-order valence-electron chi connectivity index (χ4n) is 1.72. The van der Waals surface area contributed by atoms with Crippen molar-refractivity contribution in [1.29, 1.82) is 0 Å². The van der Waals surface area contributed by atoms with E-state index in [2.05, 4.69) is 0 Å². The number of aromatic carboxylic acids is 1. The van der Waals surface area contributed by atoms with Crippen LogP contribution in [0.25, 0.3) is 11.0 Å². The fourth-order valence-corrected chi connectivity index (χ4v) is 1.72. The van der Waals surface area contributed by atoms with Gasteiger partial charge in [-0.05, 0) is 23.6 Å². The number of hydrogen-bond donors (Lipinski definition) is 1. The molecule has 0 saturated carbocycles. The van der Waals surface area contributed by atoms with E-state index in [1.54, 1.807) is 12.1 Å². The first kappa shape index (κ1) is 11.4. The number of fused-ring (bicyclic) bond motifs is 1. The van der Waals surface area contributed by atoms with Gasteiger partial charge in [0.15, 0.2) is 0 Å². The minimum absolute atomic E-state index is 0.0150. The fraction of sp³-hybridized carbons (Fsp3) is 0.231. The Bertz CT molecular complexity index is 637. The standard InChI is InChI=1S/C13H12O4/c1-7(2)8-3-4-11-9(5-8)10(13(15)16)6-12(14)17-11/h3-7H,1-2H3,(H,15,16). The van der Waals surface area contributed by atoms with Gasteiger partial charge in [-0.3, -0.25) is 0 Å². The van der Waals surface area contributed by atoms with Gasteiger partial charge in [0.25, 0.3) is 0 Å². The lowest BCUT2D eigenvalue weighted by Crippen LogP contribution is -2.06. The van der Waals surface area contributed by atoms with Crippen LogP contribution in [0.15, 0.2) is 33.5 Å². The van der Waals surface area contributed by atoms with Crippen LogP contribution in [0.2, 0.25) is 0 Å². The van der Waals surface area contributed by atoms with Crippen LogP contribution in [0.5, 0.6) is 0 Å². The van der Waals surface area contributed by atoms with Crippen LogP contribution >= 0.6 is 0 Å². The van der Waals surface area contributed by atoms with Crippen LogP contribution in [0.4, 0.5) is 0 Å². The monoisotopic (exact) mass is 232 g/mol. The van der Waals surface area contributed by atoms with Crippen LogP contribution in [0.1, 0.15) is 35.7 Å². The molecule has 1 heterocycles. The van der Waals surface area contributed by atoms with Gasteiger partial charge in [-0.15, -0.1) is 0 Å². The lowest BCUT2D eigenvalue weighted by atomic mass is 9.99. The van der Waals surface area contributed by atoms with E-state index in [9.17, 15) is 9.59 Å². The van der Waals surface area contributed by atoms with E-state index < -0.39 is 11.6 Å². The van der Waals surface area contributed by atoms with E-state index in [1.165, 1.54) is 0 Å². The highest BCUT2D eigenvalue weighted by molar-refractivity contribution is 6.01. The molecule has 0 bridgehead atoms. The minimum Gasteiger partial charge on any atom is -0.478 e. The molecule has 0 fully saturated rings. The van der Waals surface area contributed by atoms with Crippen LogP contribution in [0.3, 0.4) is 0 Å². The number of carbonyl (C=O) groups is 1. The maximum atomic E-state index is 11.2. The van der Waals surface area contributed by atoms with Gasteiger partial charge in [0.05, 0.1) is 5.56 Å². The summed E-state index contributed by atoms with van der Waals surface area (Å²) in [5.41, 5.74) is 0.652. The summed E-state index contributed by atoms with van der Waals surface area (Å²) in [7, 11) is 0. The molecule has 2 rings (SSSR count). The van der Waals surface area contributed by atoms with Crippen molar-refractivity contribution in [1.82, 2.24) is 0 Å². The van der Waals surface area contributed by atoms with Crippen LogP contribution in [-0.2, 0) is 0 Å². The van der Waals surface area contributed by atoms with Crippen molar-refractivity contribution >= 4 is 16.9 Å². The molecule has 0 amide bonds. The summed E-state index contributed by atoms with van der Waals surface area (Å²) in [5, 5.41) is 9.52. The quantitative estimate of drug-likeness (QED) is 0.808. The minimum atomic E-state index is -1.12. The van der Waals surface area contributed by atoms with E-state index in [0.717, 1.165) is 11.6 Å². The van der Waals surface area contributed by atoms with Gasteiger partial charge in [-0.2, -0.15) is 0 Å². The molecule has 0 spiro atoms. The molecule has 0 atom stereocenters. The molecular formula is C13H12O4. The average Bonchev–Trinajstić information content (AvgIpc) is 2.26. The molecule has 4 nitrogen and oxygen atoms in total. The molecular weight excluding hydrogens is 220 g/mol. The van der Waals surface area contributed by atoms with Gasteiger partial charge in [0.1, 0.15) is 5.58 Å². The number of carboxylic acid groups (broad SMARTS) is 1. The Morgan fingerprint density at radius 3 is 2.59 bits per heavy atom. The molecule has 0 aliphatic heterocycles. The van der Waals surface area contributed by atoms with Crippen LogP contribution < -0.4 is 5.63 Å². The van der Waals surface area contributed by atoms with E-state index in [-0.39, 0.29) is 11.5 Å². The summed E-state index contributed by atoms with van der Waals surface area (Å²) >= 11 is 0. The molecule has 2 aromatic rings. The Kier molecular flexibility index (Phi) is 2.71. The van der Waals surface area contributed by atoms with Gasteiger partial charge >= 0.3 is 11.6 Å². The Morgan fingerprint density at radius 1 is 1.29 bits per heavy atom. The van der Waals surface area contributed by atoms with Crippen molar-refractivity contribution in [3.8, 4) is 0 Å². The molecule has 1 aromatic carbocycles. The van der Waals surface area contributed by atoms with Gasteiger partial charge in [0.2, 0.25) is 0 Å². The van der Waals surface area contributed by atoms with Crippen molar-refractivity contribution in [2.24, 2.45) is 0 Å². The first-order valence-electron chi connectivity index (χ1n) is 5.30. The van der Waals surface area contributed by atoms with E-state index in [0.29, 0.717) is 11.0 Å². The number of rotatable bonds is 2. The first-order valence-corrected chi connectivity index (χ1v) is 5.30. The molecule has 0 radical (unpaired) electrons. The maximum absolute atomic E-state index is 11.2. The highest BCUT2D eigenvalue weighted by Gasteiger charge is 2.13.